The SMILES string of the molecule is Cc1ccccc1SCc1ncc(Br)c(C(=O)O)n1. The summed E-state index contributed by atoms with van der Waals surface area (Å²) in [6.45, 7) is 2.04. The predicted octanol–water partition coefficient (Wildman–Crippen LogP) is 3.54. The summed E-state index contributed by atoms with van der Waals surface area (Å²) in [5, 5.41) is 8.99. The van der Waals surface area contributed by atoms with Crippen LogP contribution >= 0.6 is 27.7 Å². The normalized spacial score (nSPS) is 10.4. The number of aryl methyl sites for hydroxylation is 1. The third kappa shape index (κ3) is 3.54. The summed E-state index contributed by atoms with van der Waals surface area (Å²) in [6.07, 6.45) is 1.48. The number of hydrogen-bond acceptors (Lipinski definition) is 4. The summed E-state index contributed by atoms with van der Waals surface area (Å²) in [6, 6.07) is 8.02. The summed E-state index contributed by atoms with van der Waals surface area (Å²) < 4.78 is 0.393. The molecule has 2 aromatic rings. The van der Waals surface area contributed by atoms with Crippen molar-refractivity contribution < 1.29 is 9.90 Å². The lowest BCUT2D eigenvalue weighted by Gasteiger charge is -2.05. The highest BCUT2D eigenvalue weighted by Crippen LogP contribution is 2.25. The zero-order valence-corrected chi connectivity index (χ0v) is 12.5. The van der Waals surface area contributed by atoms with Gasteiger partial charge in [-0.25, -0.2) is 14.8 Å². The Bertz CT molecular complexity index is 619. The maximum Gasteiger partial charge on any atom is 0.355 e. The molecule has 0 bridgehead atoms. The fraction of sp³-hybridized carbons (Fsp3) is 0.154. The van der Waals surface area contributed by atoms with Crippen molar-refractivity contribution in [2.75, 3.05) is 0 Å². The number of rotatable bonds is 4. The fourth-order valence-corrected chi connectivity index (χ4v) is 2.74. The predicted molar refractivity (Wildman–Crippen MR) is 77.4 cm³/mol. The molecule has 0 saturated heterocycles. The molecule has 1 aromatic heterocycles. The van der Waals surface area contributed by atoms with Gasteiger partial charge in [-0.1, -0.05) is 18.2 Å². The molecule has 0 spiro atoms. The van der Waals surface area contributed by atoms with E-state index in [1.807, 2.05) is 31.2 Å². The molecule has 2 rings (SSSR count). The molecule has 0 atom stereocenters. The number of aromatic nitrogens is 2. The number of halogens is 1. The largest absolute Gasteiger partial charge is 0.476 e. The number of carboxylic acids is 1. The number of carbonyl (C=O) groups is 1. The minimum Gasteiger partial charge on any atom is -0.476 e. The van der Waals surface area contributed by atoms with Crippen LogP contribution in [0.2, 0.25) is 0 Å². The van der Waals surface area contributed by atoms with Crippen LogP contribution in [0, 0.1) is 6.92 Å². The summed E-state index contributed by atoms with van der Waals surface area (Å²) in [4.78, 5) is 20.3. The first-order valence-corrected chi connectivity index (χ1v) is 7.29. The third-order valence-electron chi connectivity index (χ3n) is 2.45. The molecule has 19 heavy (non-hydrogen) atoms. The molecule has 0 radical (unpaired) electrons. The Labute approximate surface area is 123 Å². The first kappa shape index (κ1) is 14.0. The van der Waals surface area contributed by atoms with Crippen molar-refractivity contribution in [2.45, 2.75) is 17.6 Å². The highest BCUT2D eigenvalue weighted by molar-refractivity contribution is 9.10. The minimum atomic E-state index is -1.06. The molecule has 0 fully saturated rings. The summed E-state index contributed by atoms with van der Waals surface area (Å²) in [7, 11) is 0. The van der Waals surface area contributed by atoms with Gasteiger partial charge in [0, 0.05) is 11.1 Å². The molecular formula is C13H11BrN2O2S. The van der Waals surface area contributed by atoms with Crippen LogP contribution in [0.3, 0.4) is 0 Å². The smallest absolute Gasteiger partial charge is 0.355 e. The van der Waals surface area contributed by atoms with Gasteiger partial charge in [0.15, 0.2) is 5.69 Å². The van der Waals surface area contributed by atoms with E-state index in [1.54, 1.807) is 11.8 Å². The Balaban J connectivity index is 2.14. The van der Waals surface area contributed by atoms with E-state index in [1.165, 1.54) is 11.8 Å². The highest BCUT2D eigenvalue weighted by atomic mass is 79.9. The summed E-state index contributed by atoms with van der Waals surface area (Å²) in [5.41, 5.74) is 1.18. The van der Waals surface area contributed by atoms with Crippen LogP contribution in [0.4, 0.5) is 0 Å². The van der Waals surface area contributed by atoms with E-state index < -0.39 is 5.97 Å². The molecule has 4 nitrogen and oxygen atoms in total. The van der Waals surface area contributed by atoms with Crippen LogP contribution in [0.25, 0.3) is 0 Å². The first-order valence-electron chi connectivity index (χ1n) is 5.51. The summed E-state index contributed by atoms with van der Waals surface area (Å²) in [5.74, 6) is -0.0106. The molecule has 0 aliphatic rings. The van der Waals surface area contributed by atoms with Crippen molar-refractivity contribution in [3.63, 3.8) is 0 Å². The van der Waals surface area contributed by atoms with Gasteiger partial charge in [0.25, 0.3) is 0 Å². The van der Waals surface area contributed by atoms with Gasteiger partial charge in [-0.05, 0) is 34.5 Å². The van der Waals surface area contributed by atoms with Crippen molar-refractivity contribution in [2.24, 2.45) is 0 Å². The second-order valence-electron chi connectivity index (χ2n) is 3.84. The zero-order chi connectivity index (χ0) is 13.8. The molecule has 1 heterocycles. The van der Waals surface area contributed by atoms with Crippen LogP contribution in [0.15, 0.2) is 39.8 Å². The van der Waals surface area contributed by atoms with E-state index in [9.17, 15) is 4.79 Å². The molecule has 0 unspecified atom stereocenters. The van der Waals surface area contributed by atoms with E-state index >= 15 is 0 Å². The third-order valence-corrected chi connectivity index (χ3v) is 4.20. The van der Waals surface area contributed by atoms with E-state index in [4.69, 9.17) is 5.11 Å². The second-order valence-corrected chi connectivity index (χ2v) is 5.71. The molecule has 0 saturated carbocycles. The number of aromatic carboxylic acids is 1. The lowest BCUT2D eigenvalue weighted by atomic mass is 10.2. The van der Waals surface area contributed by atoms with Crippen LogP contribution in [-0.2, 0) is 5.75 Å². The lowest BCUT2D eigenvalue weighted by molar-refractivity contribution is 0.0689. The monoisotopic (exact) mass is 338 g/mol. The average Bonchev–Trinajstić information content (AvgIpc) is 2.39. The Morgan fingerprint density at radius 2 is 2.16 bits per heavy atom. The van der Waals surface area contributed by atoms with E-state index in [0.717, 1.165) is 4.90 Å². The van der Waals surface area contributed by atoms with Crippen LogP contribution < -0.4 is 0 Å². The molecule has 0 amide bonds. The maximum absolute atomic E-state index is 11.0. The average molecular weight is 339 g/mol. The maximum atomic E-state index is 11.0. The number of benzene rings is 1. The lowest BCUT2D eigenvalue weighted by Crippen LogP contribution is -2.05. The molecule has 6 heteroatoms. The van der Waals surface area contributed by atoms with Gasteiger partial charge in [-0.2, -0.15) is 0 Å². The molecule has 1 aromatic carbocycles. The van der Waals surface area contributed by atoms with E-state index in [-0.39, 0.29) is 5.69 Å². The number of thioether (sulfide) groups is 1. The number of hydrogen-bond donors (Lipinski definition) is 1. The van der Waals surface area contributed by atoms with Crippen molar-refractivity contribution in [1.29, 1.82) is 0 Å². The Hall–Kier alpha value is -1.40. The molecular weight excluding hydrogens is 328 g/mol. The van der Waals surface area contributed by atoms with Gasteiger partial charge in [-0.3, -0.25) is 0 Å². The topological polar surface area (TPSA) is 63.1 Å². The van der Waals surface area contributed by atoms with Gasteiger partial charge in [0.05, 0.1) is 10.2 Å². The minimum absolute atomic E-state index is 0.00427. The molecule has 0 aliphatic heterocycles. The van der Waals surface area contributed by atoms with Crippen molar-refractivity contribution >= 4 is 33.7 Å². The zero-order valence-electron chi connectivity index (χ0n) is 10.1. The Kier molecular flexibility index (Phi) is 4.55. The Morgan fingerprint density at radius 1 is 1.42 bits per heavy atom. The van der Waals surface area contributed by atoms with Gasteiger partial charge in [0.1, 0.15) is 5.82 Å². The van der Waals surface area contributed by atoms with Crippen LogP contribution in [0.1, 0.15) is 21.9 Å². The quantitative estimate of drug-likeness (QED) is 0.864. The van der Waals surface area contributed by atoms with E-state index in [0.29, 0.717) is 16.0 Å². The Morgan fingerprint density at radius 3 is 2.84 bits per heavy atom. The van der Waals surface area contributed by atoms with Gasteiger partial charge >= 0.3 is 5.97 Å². The molecule has 0 aliphatic carbocycles. The van der Waals surface area contributed by atoms with Crippen molar-refractivity contribution in [3.8, 4) is 0 Å². The van der Waals surface area contributed by atoms with Crippen LogP contribution in [-0.4, -0.2) is 21.0 Å². The van der Waals surface area contributed by atoms with Crippen molar-refractivity contribution in [1.82, 2.24) is 9.97 Å². The first-order chi connectivity index (χ1) is 9.08. The molecule has 98 valence electrons. The second kappa shape index (κ2) is 6.16. The van der Waals surface area contributed by atoms with Gasteiger partial charge in [-0.15, -0.1) is 11.8 Å². The van der Waals surface area contributed by atoms with E-state index in [2.05, 4.69) is 25.9 Å². The molecule has 1 N–H and O–H groups in total. The van der Waals surface area contributed by atoms with Gasteiger partial charge in [0.2, 0.25) is 0 Å². The highest BCUT2D eigenvalue weighted by Gasteiger charge is 2.12. The van der Waals surface area contributed by atoms with Crippen LogP contribution in [0.5, 0.6) is 0 Å². The van der Waals surface area contributed by atoms with Gasteiger partial charge < -0.3 is 5.11 Å². The fourth-order valence-electron chi connectivity index (χ4n) is 1.48. The number of nitrogens with zero attached hydrogens (tertiary/aromatic N) is 2. The van der Waals surface area contributed by atoms with Crippen molar-refractivity contribution in [3.05, 3.63) is 52.0 Å². The summed E-state index contributed by atoms with van der Waals surface area (Å²) >= 11 is 4.72. The standard InChI is InChI=1S/C13H11BrN2O2S/c1-8-4-2-3-5-10(8)19-7-11-15-6-9(14)12(16-11)13(17)18/h2-6H,7H2,1H3,(H,17,18). The number of carboxylic acid groups (broad SMARTS) is 1.